The fourth-order valence-corrected chi connectivity index (χ4v) is 4.34. The van der Waals surface area contributed by atoms with Gasteiger partial charge in [0.1, 0.15) is 5.69 Å². The van der Waals surface area contributed by atoms with Crippen molar-refractivity contribution in [3.05, 3.63) is 11.1 Å². The van der Waals surface area contributed by atoms with E-state index >= 15 is 0 Å². The predicted octanol–water partition coefficient (Wildman–Crippen LogP) is 3.33. The molecule has 98 valence electrons. The molecular formula is C13H17ClN2OS. The largest absolute Gasteiger partial charge is 0.345 e. The highest BCUT2D eigenvalue weighted by molar-refractivity contribution is 7.14. The van der Waals surface area contributed by atoms with Gasteiger partial charge in [0.2, 0.25) is 0 Å². The van der Waals surface area contributed by atoms with E-state index in [1.165, 1.54) is 32.1 Å². The number of nitrogens with zero attached hydrogens (tertiary/aromatic N) is 2. The van der Waals surface area contributed by atoms with Crippen LogP contribution >= 0.6 is 22.9 Å². The zero-order valence-corrected chi connectivity index (χ0v) is 11.8. The Hall–Kier alpha value is -0.610. The Bertz CT molecular complexity index is 448. The second-order valence-corrected chi connectivity index (χ2v) is 6.27. The Morgan fingerprint density at radius 2 is 2.28 bits per heavy atom. The molecule has 2 aliphatic rings. The first-order valence-electron chi connectivity index (χ1n) is 6.61. The van der Waals surface area contributed by atoms with Crippen molar-refractivity contribution in [2.24, 2.45) is 5.92 Å². The third-order valence-electron chi connectivity index (χ3n) is 4.14. The van der Waals surface area contributed by atoms with Crippen molar-refractivity contribution in [3.8, 4) is 0 Å². The fourth-order valence-electron chi connectivity index (χ4n) is 3.28. The summed E-state index contributed by atoms with van der Waals surface area (Å²) in [7, 11) is 0. The molecule has 0 bridgehead atoms. The number of rotatable bonds is 3. The Morgan fingerprint density at radius 1 is 1.44 bits per heavy atom. The minimum atomic E-state index is -0.0702. The molecule has 2 fully saturated rings. The molecule has 1 aromatic rings. The molecule has 1 aliphatic heterocycles. The van der Waals surface area contributed by atoms with Crippen LogP contribution in [-0.4, -0.2) is 29.2 Å². The number of carbonyl (C=O) groups is 1. The van der Waals surface area contributed by atoms with Crippen LogP contribution in [0.5, 0.6) is 0 Å². The second kappa shape index (κ2) is 5.17. The van der Waals surface area contributed by atoms with Crippen molar-refractivity contribution in [1.29, 1.82) is 0 Å². The molecule has 1 saturated heterocycles. The minimum absolute atomic E-state index is 0.0230. The smallest absolute Gasteiger partial charge is 0.196 e. The van der Waals surface area contributed by atoms with Crippen LogP contribution < -0.4 is 4.90 Å². The lowest BCUT2D eigenvalue weighted by molar-refractivity contribution is 0.101. The first kappa shape index (κ1) is 12.4. The zero-order chi connectivity index (χ0) is 12.5. The first-order chi connectivity index (χ1) is 8.79. The lowest BCUT2D eigenvalue weighted by Gasteiger charge is -2.37. The molecule has 2 heterocycles. The van der Waals surface area contributed by atoms with Gasteiger partial charge in [0.15, 0.2) is 10.9 Å². The van der Waals surface area contributed by atoms with Crippen molar-refractivity contribution in [2.75, 3.05) is 17.3 Å². The fraction of sp³-hybridized carbons (Fsp3) is 0.692. The third-order valence-corrected chi connectivity index (χ3v) is 5.26. The van der Waals surface area contributed by atoms with Gasteiger partial charge in [-0.1, -0.05) is 6.42 Å². The summed E-state index contributed by atoms with van der Waals surface area (Å²) in [5.74, 6) is 0.795. The van der Waals surface area contributed by atoms with Crippen LogP contribution in [0, 0.1) is 5.92 Å². The number of thiazole rings is 1. The van der Waals surface area contributed by atoms with Crippen LogP contribution in [0.3, 0.4) is 0 Å². The van der Waals surface area contributed by atoms with Crippen LogP contribution in [0.25, 0.3) is 0 Å². The van der Waals surface area contributed by atoms with Gasteiger partial charge in [-0.3, -0.25) is 4.79 Å². The van der Waals surface area contributed by atoms with Gasteiger partial charge >= 0.3 is 0 Å². The molecule has 2 unspecified atom stereocenters. The molecule has 3 rings (SSSR count). The van der Waals surface area contributed by atoms with E-state index in [1.807, 2.05) is 5.38 Å². The average molecular weight is 285 g/mol. The SMILES string of the molecule is O=C(CCl)c1csc(N2CCCC3CCCC32)n1. The van der Waals surface area contributed by atoms with Gasteiger partial charge in [0, 0.05) is 18.0 Å². The summed E-state index contributed by atoms with van der Waals surface area (Å²) in [6, 6.07) is 0.656. The molecule has 0 amide bonds. The quantitative estimate of drug-likeness (QED) is 0.630. The number of aromatic nitrogens is 1. The number of anilines is 1. The van der Waals surface area contributed by atoms with Crippen LogP contribution in [0.15, 0.2) is 5.38 Å². The Balaban J connectivity index is 1.81. The molecule has 3 nitrogen and oxygen atoms in total. The van der Waals surface area contributed by atoms with E-state index in [2.05, 4.69) is 9.88 Å². The summed E-state index contributed by atoms with van der Waals surface area (Å²) in [5, 5.41) is 2.86. The molecule has 0 N–H and O–H groups in total. The van der Waals surface area contributed by atoms with Crippen molar-refractivity contribution >= 4 is 33.9 Å². The summed E-state index contributed by atoms with van der Waals surface area (Å²) in [6.07, 6.45) is 6.59. The number of piperidine rings is 1. The predicted molar refractivity (Wildman–Crippen MR) is 74.9 cm³/mol. The zero-order valence-electron chi connectivity index (χ0n) is 10.3. The maximum absolute atomic E-state index is 11.5. The van der Waals surface area contributed by atoms with Gasteiger partial charge in [-0.2, -0.15) is 0 Å². The Kier molecular flexibility index (Phi) is 3.57. The van der Waals surface area contributed by atoms with Gasteiger partial charge in [-0.15, -0.1) is 22.9 Å². The summed E-state index contributed by atoms with van der Waals surface area (Å²) in [4.78, 5) is 18.4. The molecular weight excluding hydrogens is 268 g/mol. The molecule has 1 aliphatic carbocycles. The average Bonchev–Trinajstić information content (AvgIpc) is 3.05. The normalized spacial score (nSPS) is 27.3. The summed E-state index contributed by atoms with van der Waals surface area (Å²) in [5.41, 5.74) is 0.533. The van der Waals surface area contributed by atoms with E-state index in [0.29, 0.717) is 11.7 Å². The van der Waals surface area contributed by atoms with Crippen molar-refractivity contribution in [2.45, 2.75) is 38.1 Å². The van der Waals surface area contributed by atoms with Crippen LogP contribution in [0.1, 0.15) is 42.6 Å². The third kappa shape index (κ3) is 2.16. The minimum Gasteiger partial charge on any atom is -0.345 e. The summed E-state index contributed by atoms with van der Waals surface area (Å²) >= 11 is 7.16. The topological polar surface area (TPSA) is 33.2 Å². The van der Waals surface area contributed by atoms with Crippen LogP contribution in [-0.2, 0) is 0 Å². The van der Waals surface area contributed by atoms with Crippen molar-refractivity contribution in [3.63, 3.8) is 0 Å². The monoisotopic (exact) mass is 284 g/mol. The standard InChI is InChI=1S/C13H17ClN2OS/c14-7-12(17)10-8-18-13(15-10)16-6-2-4-9-3-1-5-11(9)16/h8-9,11H,1-7H2. The van der Waals surface area contributed by atoms with Crippen LogP contribution in [0.2, 0.25) is 0 Å². The number of halogens is 1. The highest BCUT2D eigenvalue weighted by Crippen LogP contribution is 2.39. The van der Waals surface area contributed by atoms with E-state index in [9.17, 15) is 4.79 Å². The number of hydrogen-bond donors (Lipinski definition) is 0. The van der Waals surface area contributed by atoms with Gasteiger partial charge in [0.05, 0.1) is 5.88 Å². The number of hydrogen-bond acceptors (Lipinski definition) is 4. The van der Waals surface area contributed by atoms with E-state index < -0.39 is 0 Å². The van der Waals surface area contributed by atoms with Crippen LogP contribution in [0.4, 0.5) is 5.13 Å². The summed E-state index contributed by atoms with van der Waals surface area (Å²) < 4.78 is 0. The summed E-state index contributed by atoms with van der Waals surface area (Å²) in [6.45, 7) is 1.09. The van der Waals surface area contributed by atoms with Crippen molar-refractivity contribution < 1.29 is 4.79 Å². The molecule has 0 radical (unpaired) electrons. The molecule has 1 saturated carbocycles. The highest BCUT2D eigenvalue weighted by Gasteiger charge is 2.36. The van der Waals surface area contributed by atoms with Gasteiger partial charge in [-0.05, 0) is 31.6 Å². The number of fused-ring (bicyclic) bond motifs is 1. The maximum Gasteiger partial charge on any atom is 0.196 e. The second-order valence-electron chi connectivity index (χ2n) is 5.17. The maximum atomic E-state index is 11.5. The van der Waals surface area contributed by atoms with E-state index in [-0.39, 0.29) is 11.7 Å². The Labute approximate surface area is 116 Å². The molecule has 0 aromatic carbocycles. The molecule has 0 spiro atoms. The lowest BCUT2D eigenvalue weighted by atomic mass is 9.92. The number of alkyl halides is 1. The van der Waals surface area contributed by atoms with E-state index in [1.54, 1.807) is 11.3 Å². The molecule has 5 heteroatoms. The highest BCUT2D eigenvalue weighted by atomic mass is 35.5. The van der Waals surface area contributed by atoms with Crippen molar-refractivity contribution in [1.82, 2.24) is 4.98 Å². The Morgan fingerprint density at radius 3 is 3.11 bits per heavy atom. The number of Topliss-reactive ketones (excluding diaryl/α,β-unsaturated/α-hetero) is 1. The lowest BCUT2D eigenvalue weighted by Crippen LogP contribution is -2.42. The molecule has 18 heavy (non-hydrogen) atoms. The van der Waals surface area contributed by atoms with E-state index in [0.717, 1.165) is 17.6 Å². The van der Waals surface area contributed by atoms with E-state index in [4.69, 9.17) is 11.6 Å². The molecule has 1 aromatic heterocycles. The van der Waals surface area contributed by atoms with Gasteiger partial charge in [-0.25, -0.2) is 4.98 Å². The van der Waals surface area contributed by atoms with Gasteiger partial charge in [0.25, 0.3) is 0 Å². The molecule has 2 atom stereocenters. The number of ketones is 1. The first-order valence-corrected chi connectivity index (χ1v) is 8.02. The van der Waals surface area contributed by atoms with Gasteiger partial charge < -0.3 is 4.90 Å². The number of carbonyl (C=O) groups excluding carboxylic acids is 1.